The van der Waals surface area contributed by atoms with Crippen molar-refractivity contribution in [3.8, 4) is 11.5 Å². The number of ether oxygens (including phenoxy) is 2. The summed E-state index contributed by atoms with van der Waals surface area (Å²) in [6.45, 7) is 3.63. The number of nitrogens with one attached hydrogen (secondary N) is 2. The number of amides is 2. The molecular formula is C21H26N2O3. The number of hydrogen-bond donors (Lipinski definition) is 2. The molecule has 0 heterocycles. The van der Waals surface area contributed by atoms with Crippen molar-refractivity contribution in [3.05, 3.63) is 59.7 Å². The molecule has 2 N–H and O–H groups in total. The first-order valence-electron chi connectivity index (χ1n) is 8.97. The molecule has 0 aromatic heterocycles. The van der Waals surface area contributed by atoms with E-state index >= 15 is 0 Å². The quantitative estimate of drug-likeness (QED) is 0.714. The average Bonchev–Trinajstić information content (AvgIpc) is 3.46. The third-order valence-corrected chi connectivity index (χ3v) is 4.82. The van der Waals surface area contributed by atoms with Crippen molar-refractivity contribution >= 4 is 6.03 Å². The molecule has 1 aliphatic rings. The molecule has 2 aromatic carbocycles. The molecule has 0 saturated heterocycles. The number of benzene rings is 2. The second kappa shape index (κ2) is 8.13. The van der Waals surface area contributed by atoms with Crippen molar-refractivity contribution in [1.82, 2.24) is 10.6 Å². The fourth-order valence-corrected chi connectivity index (χ4v) is 2.94. The molecular weight excluding hydrogens is 328 g/mol. The van der Waals surface area contributed by atoms with E-state index in [0.717, 1.165) is 24.3 Å². The summed E-state index contributed by atoms with van der Waals surface area (Å²) < 4.78 is 10.7. The van der Waals surface area contributed by atoms with Crippen LogP contribution in [-0.2, 0) is 5.41 Å². The van der Waals surface area contributed by atoms with Crippen LogP contribution in [0.25, 0.3) is 0 Å². The summed E-state index contributed by atoms with van der Waals surface area (Å²) in [4.78, 5) is 12.0. The Morgan fingerprint density at radius 1 is 1.00 bits per heavy atom. The summed E-state index contributed by atoms with van der Waals surface area (Å²) in [5.41, 5.74) is 2.68. The Morgan fingerprint density at radius 2 is 1.65 bits per heavy atom. The predicted octanol–water partition coefficient (Wildman–Crippen LogP) is 3.41. The standard InChI is InChI=1S/C21H26N2O3/c1-16-3-5-17(6-4-16)21(11-12-21)15-23-20(24)22-13-14-26-19-9-7-18(25-2)8-10-19/h3-10H,11-15H2,1-2H3,(H2,22,23,24). The molecule has 3 rings (SSSR count). The van der Waals surface area contributed by atoms with E-state index in [1.54, 1.807) is 7.11 Å². The van der Waals surface area contributed by atoms with Crippen LogP contribution in [0.1, 0.15) is 24.0 Å². The molecule has 1 aliphatic carbocycles. The van der Waals surface area contributed by atoms with Gasteiger partial charge in [0.15, 0.2) is 0 Å². The number of carbonyl (C=O) groups excluding carboxylic acids is 1. The van der Waals surface area contributed by atoms with Crippen molar-refractivity contribution in [2.24, 2.45) is 0 Å². The van der Waals surface area contributed by atoms with Gasteiger partial charge < -0.3 is 20.1 Å². The van der Waals surface area contributed by atoms with E-state index in [1.165, 1.54) is 11.1 Å². The number of methoxy groups -OCH3 is 1. The van der Waals surface area contributed by atoms with Gasteiger partial charge in [0.2, 0.25) is 0 Å². The summed E-state index contributed by atoms with van der Waals surface area (Å²) in [7, 11) is 1.63. The Bertz CT molecular complexity index is 722. The minimum atomic E-state index is -0.151. The fraction of sp³-hybridized carbons (Fsp3) is 0.381. The second-order valence-electron chi connectivity index (χ2n) is 6.78. The van der Waals surface area contributed by atoms with Gasteiger partial charge in [-0.15, -0.1) is 0 Å². The van der Waals surface area contributed by atoms with Gasteiger partial charge in [-0.3, -0.25) is 0 Å². The van der Waals surface area contributed by atoms with Gasteiger partial charge in [0.25, 0.3) is 0 Å². The minimum absolute atomic E-state index is 0.116. The van der Waals surface area contributed by atoms with Crippen LogP contribution in [0.3, 0.4) is 0 Å². The first-order chi connectivity index (χ1) is 12.6. The predicted molar refractivity (Wildman–Crippen MR) is 102 cm³/mol. The van der Waals surface area contributed by atoms with Crippen LogP contribution in [0, 0.1) is 6.92 Å². The molecule has 1 saturated carbocycles. The molecule has 5 nitrogen and oxygen atoms in total. The Kier molecular flexibility index (Phi) is 5.66. The van der Waals surface area contributed by atoms with Gasteiger partial charge in [-0.05, 0) is 49.6 Å². The third-order valence-electron chi connectivity index (χ3n) is 4.82. The monoisotopic (exact) mass is 354 g/mol. The summed E-state index contributed by atoms with van der Waals surface area (Å²) in [6, 6.07) is 15.8. The van der Waals surface area contributed by atoms with E-state index < -0.39 is 0 Å². The van der Waals surface area contributed by atoms with Crippen LogP contribution in [0.4, 0.5) is 4.79 Å². The van der Waals surface area contributed by atoms with Gasteiger partial charge in [0.05, 0.1) is 13.7 Å². The highest BCUT2D eigenvalue weighted by atomic mass is 16.5. The van der Waals surface area contributed by atoms with Crippen LogP contribution in [0.5, 0.6) is 11.5 Å². The van der Waals surface area contributed by atoms with E-state index in [2.05, 4.69) is 41.8 Å². The zero-order chi connectivity index (χ0) is 18.4. The lowest BCUT2D eigenvalue weighted by molar-refractivity contribution is 0.235. The third kappa shape index (κ3) is 4.69. The molecule has 2 amide bonds. The van der Waals surface area contributed by atoms with E-state index in [0.29, 0.717) is 19.7 Å². The van der Waals surface area contributed by atoms with Gasteiger partial charge in [-0.25, -0.2) is 4.79 Å². The molecule has 1 fully saturated rings. The zero-order valence-corrected chi connectivity index (χ0v) is 15.4. The Morgan fingerprint density at radius 3 is 2.27 bits per heavy atom. The van der Waals surface area contributed by atoms with Crippen molar-refractivity contribution in [3.63, 3.8) is 0 Å². The molecule has 0 atom stereocenters. The number of hydrogen-bond acceptors (Lipinski definition) is 3. The maximum absolute atomic E-state index is 12.0. The number of urea groups is 1. The lowest BCUT2D eigenvalue weighted by Gasteiger charge is -2.17. The van der Waals surface area contributed by atoms with E-state index in [1.807, 2.05) is 24.3 Å². The highest BCUT2D eigenvalue weighted by Crippen LogP contribution is 2.47. The summed E-state index contributed by atoms with van der Waals surface area (Å²) in [5, 5.41) is 5.83. The van der Waals surface area contributed by atoms with E-state index in [9.17, 15) is 4.79 Å². The molecule has 0 radical (unpaired) electrons. The van der Waals surface area contributed by atoms with Crippen molar-refractivity contribution in [2.45, 2.75) is 25.2 Å². The SMILES string of the molecule is COc1ccc(OCCNC(=O)NCC2(c3ccc(C)cc3)CC2)cc1. The minimum Gasteiger partial charge on any atom is -0.497 e. The Hall–Kier alpha value is -2.69. The summed E-state index contributed by atoms with van der Waals surface area (Å²) in [5.74, 6) is 1.54. The topological polar surface area (TPSA) is 59.6 Å². The molecule has 0 aliphatic heterocycles. The molecule has 5 heteroatoms. The van der Waals surface area contributed by atoms with Crippen LogP contribution < -0.4 is 20.1 Å². The molecule has 2 aromatic rings. The molecule has 0 spiro atoms. The van der Waals surface area contributed by atoms with Crippen LogP contribution >= 0.6 is 0 Å². The second-order valence-corrected chi connectivity index (χ2v) is 6.78. The number of aryl methyl sites for hydroxylation is 1. The van der Waals surface area contributed by atoms with Gasteiger partial charge in [-0.1, -0.05) is 29.8 Å². The summed E-state index contributed by atoms with van der Waals surface area (Å²) >= 11 is 0. The molecule has 26 heavy (non-hydrogen) atoms. The van der Waals surface area contributed by atoms with Crippen molar-refractivity contribution in [1.29, 1.82) is 0 Å². The van der Waals surface area contributed by atoms with Gasteiger partial charge >= 0.3 is 6.03 Å². The van der Waals surface area contributed by atoms with Gasteiger partial charge in [0.1, 0.15) is 18.1 Å². The van der Waals surface area contributed by atoms with Gasteiger partial charge in [0, 0.05) is 12.0 Å². The first kappa shape index (κ1) is 18.1. The van der Waals surface area contributed by atoms with Crippen LogP contribution in [-0.4, -0.2) is 32.8 Å². The lowest BCUT2D eigenvalue weighted by atomic mass is 9.95. The molecule has 0 bridgehead atoms. The lowest BCUT2D eigenvalue weighted by Crippen LogP contribution is -2.41. The van der Waals surface area contributed by atoms with Crippen LogP contribution in [0.15, 0.2) is 48.5 Å². The number of rotatable bonds is 8. The summed E-state index contributed by atoms with van der Waals surface area (Å²) in [6.07, 6.45) is 2.24. The highest BCUT2D eigenvalue weighted by molar-refractivity contribution is 5.74. The molecule has 138 valence electrons. The van der Waals surface area contributed by atoms with Crippen LogP contribution in [0.2, 0.25) is 0 Å². The largest absolute Gasteiger partial charge is 0.497 e. The normalized spacial score (nSPS) is 14.4. The Balaban J connectivity index is 1.36. The van der Waals surface area contributed by atoms with Crippen molar-refractivity contribution in [2.75, 3.05) is 26.8 Å². The van der Waals surface area contributed by atoms with Gasteiger partial charge in [-0.2, -0.15) is 0 Å². The van der Waals surface area contributed by atoms with E-state index in [4.69, 9.17) is 9.47 Å². The van der Waals surface area contributed by atoms with Crippen molar-refractivity contribution < 1.29 is 14.3 Å². The fourth-order valence-electron chi connectivity index (χ4n) is 2.94. The molecule has 0 unspecified atom stereocenters. The maximum atomic E-state index is 12.0. The highest BCUT2D eigenvalue weighted by Gasteiger charge is 2.44. The Labute approximate surface area is 154 Å². The zero-order valence-electron chi connectivity index (χ0n) is 15.4. The smallest absolute Gasteiger partial charge is 0.314 e. The number of carbonyl (C=O) groups is 1. The maximum Gasteiger partial charge on any atom is 0.314 e. The first-order valence-corrected chi connectivity index (χ1v) is 8.97. The average molecular weight is 354 g/mol. The van der Waals surface area contributed by atoms with E-state index in [-0.39, 0.29) is 11.4 Å².